The van der Waals surface area contributed by atoms with Crippen molar-refractivity contribution in [3.8, 4) is 11.5 Å². The molecule has 0 radical (unpaired) electrons. The van der Waals surface area contributed by atoms with Crippen LogP contribution in [0.25, 0.3) is 0 Å². The minimum atomic E-state index is -3.61. The van der Waals surface area contributed by atoms with E-state index < -0.39 is 15.9 Å². The van der Waals surface area contributed by atoms with Gasteiger partial charge in [0.05, 0.1) is 25.6 Å². The van der Waals surface area contributed by atoms with Crippen molar-refractivity contribution < 1.29 is 22.7 Å². The first-order valence-electron chi connectivity index (χ1n) is 9.43. The fraction of sp³-hybridized carbons (Fsp3) is 0.381. The summed E-state index contributed by atoms with van der Waals surface area (Å²) in [4.78, 5) is 12.2. The lowest BCUT2D eigenvalue weighted by molar-refractivity contribution is -0.119. The van der Waals surface area contributed by atoms with E-state index in [0.717, 1.165) is 29.2 Å². The molecule has 2 aromatic rings. The first kappa shape index (κ1) is 22.5. The van der Waals surface area contributed by atoms with Gasteiger partial charge in [-0.2, -0.15) is 0 Å². The Labute approximate surface area is 172 Å². The third-order valence-electron chi connectivity index (χ3n) is 4.20. The van der Waals surface area contributed by atoms with Crippen molar-refractivity contribution in [2.75, 3.05) is 37.4 Å². The summed E-state index contributed by atoms with van der Waals surface area (Å²) in [6.45, 7) is 2.39. The first-order chi connectivity index (χ1) is 13.8. The van der Waals surface area contributed by atoms with E-state index in [-0.39, 0.29) is 13.1 Å². The molecule has 2 rings (SSSR count). The van der Waals surface area contributed by atoms with E-state index >= 15 is 0 Å². The quantitative estimate of drug-likeness (QED) is 0.565. The zero-order chi connectivity index (χ0) is 21.3. The maximum Gasteiger partial charge on any atom is 0.240 e. The highest BCUT2D eigenvalue weighted by atomic mass is 32.2. The lowest BCUT2D eigenvalue weighted by Crippen LogP contribution is -2.41. The second-order valence-electron chi connectivity index (χ2n) is 6.56. The largest absolute Gasteiger partial charge is 0.497 e. The summed E-state index contributed by atoms with van der Waals surface area (Å²) >= 11 is 0. The third-order valence-corrected chi connectivity index (χ3v) is 5.34. The van der Waals surface area contributed by atoms with Gasteiger partial charge >= 0.3 is 0 Å². The molecule has 1 amide bonds. The predicted octanol–water partition coefficient (Wildman–Crippen LogP) is 2.61. The van der Waals surface area contributed by atoms with Crippen molar-refractivity contribution in [2.45, 2.75) is 19.8 Å². The Kier molecular flexibility index (Phi) is 8.33. The third kappa shape index (κ3) is 7.30. The topological polar surface area (TPSA) is 84.9 Å². The average molecular weight is 421 g/mol. The number of hydrogen-bond acceptors (Lipinski definition) is 5. The van der Waals surface area contributed by atoms with Crippen molar-refractivity contribution in [2.24, 2.45) is 0 Å². The van der Waals surface area contributed by atoms with Gasteiger partial charge in [0.15, 0.2) is 0 Å². The highest BCUT2D eigenvalue weighted by molar-refractivity contribution is 7.92. The van der Waals surface area contributed by atoms with Gasteiger partial charge in [-0.3, -0.25) is 9.10 Å². The highest BCUT2D eigenvalue weighted by Gasteiger charge is 2.20. The molecule has 29 heavy (non-hydrogen) atoms. The summed E-state index contributed by atoms with van der Waals surface area (Å²) in [5.74, 6) is 0.926. The normalized spacial score (nSPS) is 11.0. The molecule has 0 heterocycles. The van der Waals surface area contributed by atoms with Gasteiger partial charge in [-0.05, 0) is 48.4 Å². The number of sulfonamides is 1. The van der Waals surface area contributed by atoms with Gasteiger partial charge in [0.25, 0.3) is 0 Å². The Balaban J connectivity index is 1.85. The zero-order valence-corrected chi connectivity index (χ0v) is 17.9. The van der Waals surface area contributed by atoms with Crippen LogP contribution < -0.4 is 19.1 Å². The number of nitrogens with zero attached hydrogens (tertiary/aromatic N) is 1. The lowest BCUT2D eigenvalue weighted by Gasteiger charge is -2.22. The van der Waals surface area contributed by atoms with E-state index in [4.69, 9.17) is 9.47 Å². The molecule has 158 valence electrons. The first-order valence-corrected chi connectivity index (χ1v) is 11.3. The monoisotopic (exact) mass is 420 g/mol. The van der Waals surface area contributed by atoms with Crippen molar-refractivity contribution in [3.05, 3.63) is 54.1 Å². The summed E-state index contributed by atoms with van der Waals surface area (Å²) in [6, 6.07) is 14.3. The summed E-state index contributed by atoms with van der Waals surface area (Å²) in [5.41, 5.74) is 1.65. The van der Waals surface area contributed by atoms with Crippen LogP contribution in [-0.2, 0) is 21.2 Å². The van der Waals surface area contributed by atoms with Crippen LogP contribution in [0.4, 0.5) is 5.69 Å². The molecule has 0 fully saturated rings. The van der Waals surface area contributed by atoms with Crippen LogP contribution in [-0.4, -0.2) is 47.4 Å². The van der Waals surface area contributed by atoms with Crippen molar-refractivity contribution in [1.82, 2.24) is 5.32 Å². The number of carbonyl (C=O) groups excluding carboxylic acids is 1. The van der Waals surface area contributed by atoms with Crippen molar-refractivity contribution in [1.29, 1.82) is 0 Å². The summed E-state index contributed by atoms with van der Waals surface area (Å²) in [7, 11) is -2.09. The van der Waals surface area contributed by atoms with Crippen LogP contribution in [0, 0.1) is 0 Å². The van der Waals surface area contributed by atoms with Crippen LogP contribution in [0.1, 0.15) is 18.9 Å². The predicted molar refractivity (Wildman–Crippen MR) is 114 cm³/mol. The van der Waals surface area contributed by atoms with Crippen LogP contribution in [0.5, 0.6) is 11.5 Å². The average Bonchev–Trinajstić information content (AvgIpc) is 2.70. The van der Waals surface area contributed by atoms with Gasteiger partial charge in [0, 0.05) is 0 Å². The van der Waals surface area contributed by atoms with E-state index in [1.165, 1.54) is 12.7 Å². The van der Waals surface area contributed by atoms with Crippen molar-refractivity contribution >= 4 is 21.6 Å². The van der Waals surface area contributed by atoms with Gasteiger partial charge in [-0.15, -0.1) is 0 Å². The van der Waals surface area contributed by atoms with Gasteiger partial charge in [0.2, 0.25) is 15.9 Å². The molecule has 0 saturated heterocycles. The Hall–Kier alpha value is -2.74. The Bertz CT molecular complexity index is 880. The fourth-order valence-corrected chi connectivity index (χ4v) is 3.59. The SMILES string of the molecule is CCCc1ccc(OCCNC(=O)CN(c2ccc(OC)cc2)S(C)(=O)=O)cc1. The number of amides is 1. The molecule has 0 aliphatic carbocycles. The van der Waals surface area contributed by atoms with E-state index in [2.05, 4.69) is 12.2 Å². The second kappa shape index (κ2) is 10.7. The summed E-state index contributed by atoms with van der Waals surface area (Å²) < 4.78 is 35.9. The highest BCUT2D eigenvalue weighted by Crippen LogP contribution is 2.21. The number of ether oxygens (including phenoxy) is 2. The maximum absolute atomic E-state index is 12.2. The van der Waals surface area contributed by atoms with E-state index in [1.54, 1.807) is 24.3 Å². The molecule has 7 nitrogen and oxygen atoms in total. The van der Waals surface area contributed by atoms with Crippen molar-refractivity contribution in [3.63, 3.8) is 0 Å². The molecule has 0 saturated carbocycles. The molecule has 0 unspecified atom stereocenters. The van der Waals surface area contributed by atoms with Crippen LogP contribution >= 0.6 is 0 Å². The van der Waals surface area contributed by atoms with E-state index in [9.17, 15) is 13.2 Å². The number of methoxy groups -OCH3 is 1. The Morgan fingerprint density at radius 1 is 1.03 bits per heavy atom. The van der Waals surface area contributed by atoms with Gasteiger partial charge in [-0.1, -0.05) is 25.5 Å². The molecule has 0 aliphatic heterocycles. The minimum absolute atomic E-state index is 0.274. The van der Waals surface area contributed by atoms with Gasteiger partial charge < -0.3 is 14.8 Å². The molecule has 1 N–H and O–H groups in total. The Morgan fingerprint density at radius 3 is 2.21 bits per heavy atom. The molecule has 0 bridgehead atoms. The van der Waals surface area contributed by atoms with Crippen LogP contribution in [0.2, 0.25) is 0 Å². The fourth-order valence-electron chi connectivity index (χ4n) is 2.74. The smallest absolute Gasteiger partial charge is 0.240 e. The minimum Gasteiger partial charge on any atom is -0.497 e. The van der Waals surface area contributed by atoms with E-state index in [0.29, 0.717) is 18.0 Å². The summed E-state index contributed by atoms with van der Waals surface area (Å²) in [6.07, 6.45) is 3.18. The second-order valence-corrected chi connectivity index (χ2v) is 8.47. The standard InChI is InChI=1S/C21H28N2O5S/c1-4-5-17-6-10-20(11-7-17)28-15-14-22-21(24)16-23(29(3,25)26)18-8-12-19(27-2)13-9-18/h6-13H,4-5,14-16H2,1-3H3,(H,22,24). The van der Waals surface area contributed by atoms with Gasteiger partial charge in [-0.25, -0.2) is 8.42 Å². The summed E-state index contributed by atoms with van der Waals surface area (Å²) in [5, 5.41) is 2.68. The number of nitrogens with one attached hydrogen (secondary N) is 1. The molecule has 0 atom stereocenters. The molecule has 8 heteroatoms. The molecular weight excluding hydrogens is 392 g/mol. The van der Waals surface area contributed by atoms with Crippen LogP contribution in [0.3, 0.4) is 0 Å². The molecule has 0 spiro atoms. The maximum atomic E-state index is 12.2. The number of benzene rings is 2. The van der Waals surface area contributed by atoms with E-state index in [1.807, 2.05) is 24.3 Å². The van der Waals surface area contributed by atoms with Gasteiger partial charge in [0.1, 0.15) is 24.7 Å². The molecule has 0 aliphatic rings. The Morgan fingerprint density at radius 2 is 1.66 bits per heavy atom. The number of carbonyl (C=O) groups is 1. The lowest BCUT2D eigenvalue weighted by atomic mass is 10.1. The molecule has 0 aromatic heterocycles. The molecular formula is C21H28N2O5S. The number of rotatable bonds is 11. The number of anilines is 1. The van der Waals surface area contributed by atoms with Crippen LogP contribution in [0.15, 0.2) is 48.5 Å². The number of aryl methyl sites for hydroxylation is 1. The zero-order valence-electron chi connectivity index (χ0n) is 17.1. The molecule has 2 aromatic carbocycles. The number of hydrogen-bond donors (Lipinski definition) is 1.